The molecule has 0 radical (unpaired) electrons. The van der Waals surface area contributed by atoms with Crippen LogP contribution in [0, 0.1) is 0 Å². The van der Waals surface area contributed by atoms with Crippen molar-refractivity contribution in [3.05, 3.63) is 303 Å². The molecule has 0 amide bonds. The largest absolute Gasteiger partial charge is 0.0622 e. The Bertz CT molecular complexity index is 5830. The smallest absolute Gasteiger partial charge is 0.00986 e. The fourth-order valence-electron chi connectivity index (χ4n) is 14.6. The molecule has 18 rings (SSSR count). The Labute approximate surface area is 485 Å². The second-order valence-electron chi connectivity index (χ2n) is 23.0. The maximum atomic E-state index is 2.47. The van der Waals surface area contributed by atoms with Crippen LogP contribution in [-0.4, -0.2) is 0 Å². The Morgan fingerprint density at radius 1 is 0.107 bits per heavy atom. The molecule has 0 heterocycles. The van der Waals surface area contributed by atoms with Crippen molar-refractivity contribution >= 4 is 129 Å². The summed E-state index contributed by atoms with van der Waals surface area (Å²) in [6.45, 7) is 0. The zero-order valence-electron chi connectivity index (χ0n) is 45.9. The third kappa shape index (κ3) is 7.14. The fourth-order valence-corrected chi connectivity index (χ4v) is 14.6. The molecular formula is C84H50. The van der Waals surface area contributed by atoms with Gasteiger partial charge in [-0.15, -0.1) is 0 Å². The Morgan fingerprint density at radius 3 is 0.619 bits per heavy atom. The normalized spacial score (nSPS) is 12.0. The summed E-state index contributed by atoms with van der Waals surface area (Å²) in [7, 11) is 0. The Kier molecular flexibility index (Phi) is 10.2. The average Bonchev–Trinajstić information content (AvgIpc) is 3.74. The Balaban J connectivity index is 0.775. The lowest BCUT2D eigenvalue weighted by molar-refractivity contribution is 1.66. The topological polar surface area (TPSA) is 0 Å². The van der Waals surface area contributed by atoms with Crippen molar-refractivity contribution in [3.63, 3.8) is 0 Å². The van der Waals surface area contributed by atoms with E-state index >= 15 is 0 Å². The van der Waals surface area contributed by atoms with Crippen LogP contribution in [0.5, 0.6) is 0 Å². The van der Waals surface area contributed by atoms with Crippen LogP contribution in [0.1, 0.15) is 0 Å². The lowest BCUT2D eigenvalue weighted by atomic mass is 9.87. The molecule has 0 aromatic heterocycles. The van der Waals surface area contributed by atoms with Gasteiger partial charge in [0.25, 0.3) is 0 Å². The number of benzene rings is 18. The first-order valence-corrected chi connectivity index (χ1v) is 29.3. The van der Waals surface area contributed by atoms with Crippen molar-refractivity contribution in [2.75, 3.05) is 0 Å². The molecule has 0 atom stereocenters. The van der Waals surface area contributed by atoms with E-state index in [2.05, 4.69) is 303 Å². The minimum absolute atomic E-state index is 1.24. The lowest BCUT2D eigenvalue weighted by Gasteiger charge is -2.16. The fraction of sp³-hybridized carbons (Fsp3) is 0. The highest BCUT2D eigenvalue weighted by molar-refractivity contribution is 6.24. The Morgan fingerprint density at radius 2 is 0.333 bits per heavy atom. The van der Waals surface area contributed by atoms with Crippen molar-refractivity contribution in [2.45, 2.75) is 0 Å². The molecule has 18 aromatic carbocycles. The first-order chi connectivity index (χ1) is 41.6. The van der Waals surface area contributed by atoms with Crippen molar-refractivity contribution in [2.24, 2.45) is 0 Å². The summed E-state index contributed by atoms with van der Waals surface area (Å²) in [5.74, 6) is 0. The number of hydrogen-bond donors (Lipinski definition) is 0. The van der Waals surface area contributed by atoms with E-state index in [1.165, 1.54) is 185 Å². The van der Waals surface area contributed by atoms with Gasteiger partial charge in [0.1, 0.15) is 0 Å². The summed E-state index contributed by atoms with van der Waals surface area (Å²) in [5, 5.41) is 30.2. The molecule has 386 valence electrons. The van der Waals surface area contributed by atoms with Crippen LogP contribution in [0.2, 0.25) is 0 Å². The van der Waals surface area contributed by atoms with E-state index in [9.17, 15) is 0 Å². The Hall–Kier alpha value is -10.9. The van der Waals surface area contributed by atoms with Crippen molar-refractivity contribution in [3.8, 4) is 55.6 Å². The third-order valence-electron chi connectivity index (χ3n) is 18.5. The van der Waals surface area contributed by atoms with Crippen molar-refractivity contribution in [1.82, 2.24) is 0 Å². The van der Waals surface area contributed by atoms with Crippen LogP contribution in [0.3, 0.4) is 0 Å². The number of rotatable bonds is 5. The standard InChI is InChI=1S/C84H50/c1-3-15-51(16-4-1)61-23-11-31-69-73(61)39-35-57-43-53-19-7-25-65(77(53)47-81(57)69)63-29-13-33-71-75(63)41-37-59-44-54-20-8-26-66(78(54)48-83(59)71)64-30-14-34-72-76(64)42-38-60-46-56-22-10-28-68(80(56)50-84(60)72)67-27-9-21-55-45-58-36-40-74-62(52-17-5-2-6-18-52)24-12-32-70(74)82(58)49-79(55)67/h1-50H. The number of fused-ring (bicyclic) bond motifs is 16. The maximum absolute atomic E-state index is 2.47. The highest BCUT2D eigenvalue weighted by Gasteiger charge is 2.18. The summed E-state index contributed by atoms with van der Waals surface area (Å²) in [4.78, 5) is 0. The predicted molar refractivity (Wildman–Crippen MR) is 364 cm³/mol. The van der Waals surface area contributed by atoms with Gasteiger partial charge in [0.05, 0.1) is 0 Å². The highest BCUT2D eigenvalue weighted by Crippen LogP contribution is 2.46. The van der Waals surface area contributed by atoms with Gasteiger partial charge in [-0.05, 0) is 233 Å². The molecule has 18 aromatic rings. The van der Waals surface area contributed by atoms with E-state index < -0.39 is 0 Å². The van der Waals surface area contributed by atoms with Gasteiger partial charge in [0, 0.05) is 0 Å². The second kappa shape index (κ2) is 18.3. The molecule has 0 aliphatic rings. The van der Waals surface area contributed by atoms with Crippen LogP contribution in [-0.2, 0) is 0 Å². The van der Waals surface area contributed by atoms with Gasteiger partial charge in [-0.2, -0.15) is 0 Å². The monoisotopic (exact) mass is 1060 g/mol. The first-order valence-electron chi connectivity index (χ1n) is 29.3. The molecule has 0 nitrogen and oxygen atoms in total. The van der Waals surface area contributed by atoms with E-state index in [-0.39, 0.29) is 0 Å². The van der Waals surface area contributed by atoms with Gasteiger partial charge in [0.15, 0.2) is 0 Å². The maximum Gasteiger partial charge on any atom is -0.00986 e. The van der Waals surface area contributed by atoms with Crippen LogP contribution in [0.4, 0.5) is 0 Å². The average molecular weight is 1060 g/mol. The summed E-state index contributed by atoms with van der Waals surface area (Å²) in [5.41, 5.74) is 12.5. The zero-order chi connectivity index (χ0) is 55.0. The van der Waals surface area contributed by atoms with E-state index in [1.807, 2.05) is 0 Å². The zero-order valence-corrected chi connectivity index (χ0v) is 45.9. The summed E-state index contributed by atoms with van der Waals surface area (Å²) >= 11 is 0. The summed E-state index contributed by atoms with van der Waals surface area (Å²) < 4.78 is 0. The van der Waals surface area contributed by atoms with E-state index in [0.717, 1.165) is 0 Å². The number of hydrogen-bond acceptors (Lipinski definition) is 0. The van der Waals surface area contributed by atoms with Gasteiger partial charge in [-0.3, -0.25) is 0 Å². The van der Waals surface area contributed by atoms with Crippen LogP contribution in [0.15, 0.2) is 303 Å². The third-order valence-corrected chi connectivity index (χ3v) is 18.5. The van der Waals surface area contributed by atoms with Crippen LogP contribution >= 0.6 is 0 Å². The molecular weight excluding hydrogens is 1010 g/mol. The van der Waals surface area contributed by atoms with Gasteiger partial charge >= 0.3 is 0 Å². The van der Waals surface area contributed by atoms with Gasteiger partial charge in [0.2, 0.25) is 0 Å². The lowest BCUT2D eigenvalue weighted by Crippen LogP contribution is -1.89. The molecule has 0 spiro atoms. The van der Waals surface area contributed by atoms with Crippen molar-refractivity contribution < 1.29 is 0 Å². The highest BCUT2D eigenvalue weighted by atomic mass is 14.2. The second-order valence-corrected chi connectivity index (χ2v) is 23.0. The molecule has 0 N–H and O–H groups in total. The molecule has 0 aliphatic heterocycles. The quantitative estimate of drug-likeness (QED) is 0.119. The molecule has 84 heavy (non-hydrogen) atoms. The molecule has 0 unspecified atom stereocenters. The molecule has 0 aliphatic carbocycles. The molecule has 0 bridgehead atoms. The van der Waals surface area contributed by atoms with E-state index in [0.29, 0.717) is 0 Å². The van der Waals surface area contributed by atoms with E-state index in [1.54, 1.807) is 0 Å². The van der Waals surface area contributed by atoms with Crippen LogP contribution in [0.25, 0.3) is 185 Å². The predicted octanol–water partition coefficient (Wildman–Crippen LogP) is 23.9. The molecule has 0 saturated carbocycles. The SMILES string of the molecule is c1ccc(-c2cccc3c2ccc2cc4cccc(-c5cccc6cc7ccc8c(-c9cccc%10cc%11ccc%12c(-c%13cccc%14cc%15ccc%16c(-c%17ccccc%17)cccc%16c%15cc%13%14)cccc%12c%11cc9%10)cccc8c7cc56)c4cc23)cc1. The minimum atomic E-state index is 1.24. The first kappa shape index (κ1) is 46.8. The summed E-state index contributed by atoms with van der Waals surface area (Å²) in [6, 6.07) is 114. The van der Waals surface area contributed by atoms with Gasteiger partial charge in [-0.1, -0.05) is 255 Å². The molecule has 0 fully saturated rings. The van der Waals surface area contributed by atoms with Gasteiger partial charge in [-0.25, -0.2) is 0 Å². The van der Waals surface area contributed by atoms with Crippen LogP contribution < -0.4 is 0 Å². The summed E-state index contributed by atoms with van der Waals surface area (Å²) in [6.07, 6.45) is 0. The van der Waals surface area contributed by atoms with Gasteiger partial charge < -0.3 is 0 Å². The molecule has 0 heteroatoms. The molecule has 0 saturated heterocycles. The minimum Gasteiger partial charge on any atom is -0.0622 e. The van der Waals surface area contributed by atoms with Crippen molar-refractivity contribution in [1.29, 1.82) is 0 Å². The van der Waals surface area contributed by atoms with E-state index in [4.69, 9.17) is 0 Å².